The molecule has 0 aliphatic carbocycles. The van der Waals surface area contributed by atoms with Crippen LogP contribution >= 0.6 is 55.1 Å². The van der Waals surface area contributed by atoms with Gasteiger partial charge in [0.1, 0.15) is 11.5 Å². The number of benzene rings is 2. The fourth-order valence-corrected chi connectivity index (χ4v) is 3.69. The minimum atomic E-state index is -0.436. The van der Waals surface area contributed by atoms with E-state index in [-0.39, 0.29) is 11.5 Å². The van der Waals surface area contributed by atoms with Crippen molar-refractivity contribution in [2.24, 2.45) is 0 Å². The number of carbonyl (C=O) groups is 1. The summed E-state index contributed by atoms with van der Waals surface area (Å²) in [5.41, 5.74) is 1.09. The van der Waals surface area contributed by atoms with Crippen LogP contribution in [0.2, 0.25) is 10.0 Å². The zero-order valence-electron chi connectivity index (χ0n) is 12.3. The molecule has 2 N–H and O–H groups in total. The van der Waals surface area contributed by atoms with Crippen molar-refractivity contribution >= 4 is 66.7 Å². The number of nitrogens with one attached hydrogen (secondary N) is 1. The second kappa shape index (κ2) is 7.41. The maximum absolute atomic E-state index is 12.4. The van der Waals surface area contributed by atoms with Crippen molar-refractivity contribution in [3.63, 3.8) is 0 Å². The molecular weight excluding hydrogens is 497 g/mol. The van der Waals surface area contributed by atoms with Crippen molar-refractivity contribution in [2.75, 3.05) is 5.32 Å². The van der Waals surface area contributed by atoms with E-state index < -0.39 is 5.91 Å². The van der Waals surface area contributed by atoms with Crippen molar-refractivity contribution in [3.05, 3.63) is 67.2 Å². The van der Waals surface area contributed by atoms with Crippen LogP contribution in [-0.4, -0.2) is 11.0 Å². The SMILES string of the molecule is O=C(Nc1cc(Br)c(O)c(Br)c1)c1ccc(-c2cc(Cl)ccc2Cl)o1. The van der Waals surface area contributed by atoms with E-state index >= 15 is 0 Å². The van der Waals surface area contributed by atoms with Crippen molar-refractivity contribution in [3.8, 4) is 17.1 Å². The van der Waals surface area contributed by atoms with Gasteiger partial charge in [-0.2, -0.15) is 0 Å². The highest BCUT2D eigenvalue weighted by molar-refractivity contribution is 9.11. The molecule has 25 heavy (non-hydrogen) atoms. The van der Waals surface area contributed by atoms with Crippen LogP contribution < -0.4 is 5.32 Å². The molecular formula is C17H9Br2Cl2NO3. The quantitative estimate of drug-likeness (QED) is 0.388. The Morgan fingerprint density at radius 2 is 1.72 bits per heavy atom. The van der Waals surface area contributed by atoms with Crippen LogP contribution in [0.4, 0.5) is 5.69 Å². The van der Waals surface area contributed by atoms with Crippen LogP contribution in [-0.2, 0) is 0 Å². The third-order valence-electron chi connectivity index (χ3n) is 3.30. The van der Waals surface area contributed by atoms with E-state index in [1.165, 1.54) is 0 Å². The molecule has 1 amide bonds. The van der Waals surface area contributed by atoms with Crippen LogP contribution in [0.15, 0.2) is 55.8 Å². The van der Waals surface area contributed by atoms with Gasteiger partial charge in [0.05, 0.1) is 14.0 Å². The average molecular weight is 506 g/mol. The van der Waals surface area contributed by atoms with Gasteiger partial charge in [-0.05, 0) is 74.3 Å². The number of rotatable bonds is 3. The highest BCUT2D eigenvalue weighted by Gasteiger charge is 2.16. The van der Waals surface area contributed by atoms with Crippen molar-refractivity contribution < 1.29 is 14.3 Å². The summed E-state index contributed by atoms with van der Waals surface area (Å²) in [6.45, 7) is 0. The number of phenols is 1. The predicted octanol–water partition coefficient (Wildman–Crippen LogP) is 6.74. The van der Waals surface area contributed by atoms with Gasteiger partial charge in [0.2, 0.25) is 0 Å². The molecule has 0 saturated heterocycles. The Morgan fingerprint density at radius 3 is 2.40 bits per heavy atom. The second-order valence-electron chi connectivity index (χ2n) is 5.03. The number of amides is 1. The van der Waals surface area contributed by atoms with Gasteiger partial charge in [-0.25, -0.2) is 0 Å². The summed E-state index contributed by atoms with van der Waals surface area (Å²) in [5.74, 6) is 0.167. The molecule has 0 aliphatic rings. The summed E-state index contributed by atoms with van der Waals surface area (Å²) in [4.78, 5) is 12.4. The van der Waals surface area contributed by atoms with Gasteiger partial charge in [-0.3, -0.25) is 4.79 Å². The van der Waals surface area contributed by atoms with Crippen molar-refractivity contribution in [2.45, 2.75) is 0 Å². The highest BCUT2D eigenvalue weighted by atomic mass is 79.9. The van der Waals surface area contributed by atoms with Crippen LogP contribution in [0.3, 0.4) is 0 Å². The van der Waals surface area contributed by atoms with E-state index in [1.807, 2.05) is 0 Å². The largest absolute Gasteiger partial charge is 0.506 e. The molecule has 4 nitrogen and oxygen atoms in total. The zero-order valence-corrected chi connectivity index (χ0v) is 17.0. The fourth-order valence-electron chi connectivity index (χ4n) is 2.12. The van der Waals surface area contributed by atoms with E-state index in [2.05, 4.69) is 37.2 Å². The van der Waals surface area contributed by atoms with Crippen LogP contribution in [0.5, 0.6) is 5.75 Å². The molecule has 0 spiro atoms. The summed E-state index contributed by atoms with van der Waals surface area (Å²) >= 11 is 18.5. The molecule has 2 aromatic carbocycles. The zero-order chi connectivity index (χ0) is 18.1. The monoisotopic (exact) mass is 503 g/mol. The van der Waals surface area contributed by atoms with Gasteiger partial charge in [0.15, 0.2) is 5.76 Å². The minimum absolute atomic E-state index is 0.0499. The smallest absolute Gasteiger partial charge is 0.291 e. The normalized spacial score (nSPS) is 10.7. The molecule has 1 heterocycles. The molecule has 3 aromatic rings. The van der Waals surface area contributed by atoms with Crippen LogP contribution in [0.1, 0.15) is 10.6 Å². The van der Waals surface area contributed by atoms with Gasteiger partial charge >= 0.3 is 0 Å². The first-order chi connectivity index (χ1) is 11.8. The molecule has 1 aromatic heterocycles. The molecule has 0 radical (unpaired) electrons. The number of hydrogen-bond acceptors (Lipinski definition) is 3. The Labute approximate surface area is 170 Å². The van der Waals surface area contributed by atoms with Crippen LogP contribution in [0, 0.1) is 0 Å². The standard InChI is InChI=1S/C17H9Br2Cl2NO3/c18-11-6-9(7-12(19)16(11)23)22-17(24)15-4-3-14(25-15)10-5-8(20)1-2-13(10)21/h1-7,23H,(H,22,24). The first-order valence-corrected chi connectivity index (χ1v) is 9.24. The van der Waals surface area contributed by atoms with Gasteiger partial charge < -0.3 is 14.8 Å². The maximum Gasteiger partial charge on any atom is 0.291 e. The molecule has 8 heteroatoms. The Balaban J connectivity index is 1.85. The first kappa shape index (κ1) is 18.3. The van der Waals surface area contributed by atoms with Gasteiger partial charge in [0, 0.05) is 16.3 Å². The second-order valence-corrected chi connectivity index (χ2v) is 7.58. The first-order valence-electron chi connectivity index (χ1n) is 6.90. The molecule has 0 aliphatic heterocycles. The molecule has 0 bridgehead atoms. The number of halogens is 4. The molecule has 0 unspecified atom stereocenters. The Kier molecular flexibility index (Phi) is 5.43. The number of phenolic OH excluding ortho intramolecular Hbond substituents is 1. The minimum Gasteiger partial charge on any atom is -0.506 e. The summed E-state index contributed by atoms with van der Waals surface area (Å²) in [7, 11) is 0. The third kappa shape index (κ3) is 4.03. The van der Waals surface area contributed by atoms with Crippen molar-refractivity contribution in [1.82, 2.24) is 0 Å². The van der Waals surface area contributed by atoms with Gasteiger partial charge in [-0.15, -0.1) is 0 Å². The topological polar surface area (TPSA) is 62.5 Å². The van der Waals surface area contributed by atoms with E-state index in [0.717, 1.165) is 0 Å². The third-order valence-corrected chi connectivity index (χ3v) is 5.07. The number of aromatic hydroxyl groups is 1. The Hall–Kier alpha value is -1.47. The number of carbonyl (C=O) groups excluding carboxylic acids is 1. The van der Waals surface area contributed by atoms with Gasteiger partial charge in [-0.1, -0.05) is 23.2 Å². The summed E-state index contributed by atoms with van der Waals surface area (Å²) in [6.07, 6.45) is 0. The molecule has 3 rings (SSSR count). The van der Waals surface area contributed by atoms with E-state index in [0.29, 0.717) is 36.0 Å². The van der Waals surface area contributed by atoms with E-state index in [4.69, 9.17) is 27.6 Å². The van der Waals surface area contributed by atoms with Gasteiger partial charge in [0.25, 0.3) is 5.91 Å². The van der Waals surface area contributed by atoms with E-state index in [1.54, 1.807) is 42.5 Å². The lowest BCUT2D eigenvalue weighted by Gasteiger charge is -2.07. The number of anilines is 1. The lowest BCUT2D eigenvalue weighted by molar-refractivity contribution is 0.0997. The lowest BCUT2D eigenvalue weighted by Crippen LogP contribution is -2.10. The summed E-state index contributed by atoms with van der Waals surface area (Å²) in [6, 6.07) is 11.4. The highest BCUT2D eigenvalue weighted by Crippen LogP contribution is 2.36. The van der Waals surface area contributed by atoms with E-state index in [9.17, 15) is 9.90 Å². The summed E-state index contributed by atoms with van der Waals surface area (Å²) in [5, 5.41) is 13.4. The lowest BCUT2D eigenvalue weighted by atomic mass is 10.2. The molecule has 0 saturated carbocycles. The predicted molar refractivity (Wildman–Crippen MR) is 106 cm³/mol. The number of hydrogen-bond donors (Lipinski definition) is 2. The number of furan rings is 1. The summed E-state index contributed by atoms with van der Waals surface area (Å²) < 4.78 is 6.49. The average Bonchev–Trinajstić information content (AvgIpc) is 3.04. The molecule has 0 atom stereocenters. The Morgan fingerprint density at radius 1 is 1.04 bits per heavy atom. The van der Waals surface area contributed by atoms with Crippen LogP contribution in [0.25, 0.3) is 11.3 Å². The Bertz CT molecular complexity index is 949. The maximum atomic E-state index is 12.4. The van der Waals surface area contributed by atoms with Crippen molar-refractivity contribution in [1.29, 1.82) is 0 Å². The molecule has 128 valence electrons. The molecule has 0 fully saturated rings. The fraction of sp³-hybridized carbons (Fsp3) is 0.